The molecule has 2 aromatic heterocycles. The summed E-state index contributed by atoms with van der Waals surface area (Å²) in [6.45, 7) is 4.56. The number of pyridine rings is 1. The van der Waals surface area contributed by atoms with Crippen molar-refractivity contribution in [3.63, 3.8) is 0 Å². The fourth-order valence-corrected chi connectivity index (χ4v) is 2.31. The summed E-state index contributed by atoms with van der Waals surface area (Å²) < 4.78 is 11.2. The molecule has 0 radical (unpaired) electrons. The van der Waals surface area contributed by atoms with Gasteiger partial charge in [-0.15, -0.1) is 0 Å². The third-order valence-electron chi connectivity index (χ3n) is 3.73. The van der Waals surface area contributed by atoms with Crippen molar-refractivity contribution in [1.29, 1.82) is 0 Å². The molecule has 0 aliphatic carbocycles. The van der Waals surface area contributed by atoms with Crippen molar-refractivity contribution in [3.05, 3.63) is 78.0 Å². The number of hydrogen-bond donors (Lipinski definition) is 1. The molecule has 25 heavy (non-hydrogen) atoms. The van der Waals surface area contributed by atoms with E-state index in [1.807, 2.05) is 12.1 Å². The quantitative estimate of drug-likeness (QED) is 0.713. The first-order chi connectivity index (χ1) is 12.1. The molecule has 0 saturated carbocycles. The SMILES string of the molecule is CC(C)c1ccc(OCc2ccc(C(=O)Nc3cccnc3)o2)cc1. The van der Waals surface area contributed by atoms with Crippen molar-refractivity contribution in [2.45, 2.75) is 26.4 Å². The molecule has 0 saturated heterocycles. The molecule has 2 heterocycles. The predicted molar refractivity (Wildman–Crippen MR) is 95.8 cm³/mol. The van der Waals surface area contributed by atoms with Crippen molar-refractivity contribution < 1.29 is 13.9 Å². The van der Waals surface area contributed by atoms with E-state index in [1.54, 1.807) is 36.7 Å². The highest BCUT2D eigenvalue weighted by molar-refractivity contribution is 6.02. The second-order valence-electron chi connectivity index (χ2n) is 5.97. The monoisotopic (exact) mass is 336 g/mol. The number of ether oxygens (including phenoxy) is 1. The summed E-state index contributed by atoms with van der Waals surface area (Å²) in [6, 6.07) is 14.9. The number of nitrogens with one attached hydrogen (secondary N) is 1. The molecular formula is C20H20N2O3. The van der Waals surface area contributed by atoms with E-state index in [0.29, 0.717) is 17.4 Å². The lowest BCUT2D eigenvalue weighted by Crippen LogP contribution is -2.10. The molecule has 5 heteroatoms. The van der Waals surface area contributed by atoms with Crippen LogP contribution in [0.1, 0.15) is 41.6 Å². The summed E-state index contributed by atoms with van der Waals surface area (Å²) >= 11 is 0. The van der Waals surface area contributed by atoms with Gasteiger partial charge in [0.1, 0.15) is 18.1 Å². The van der Waals surface area contributed by atoms with Crippen LogP contribution in [-0.2, 0) is 6.61 Å². The van der Waals surface area contributed by atoms with Crippen LogP contribution in [0.4, 0.5) is 5.69 Å². The van der Waals surface area contributed by atoms with E-state index in [9.17, 15) is 4.79 Å². The van der Waals surface area contributed by atoms with Crippen molar-refractivity contribution in [2.24, 2.45) is 0 Å². The van der Waals surface area contributed by atoms with E-state index < -0.39 is 0 Å². The number of benzene rings is 1. The highest BCUT2D eigenvalue weighted by Gasteiger charge is 2.12. The molecule has 5 nitrogen and oxygen atoms in total. The van der Waals surface area contributed by atoms with Crippen LogP contribution in [-0.4, -0.2) is 10.9 Å². The largest absolute Gasteiger partial charge is 0.486 e. The molecule has 0 atom stereocenters. The van der Waals surface area contributed by atoms with Gasteiger partial charge in [0.2, 0.25) is 0 Å². The van der Waals surface area contributed by atoms with E-state index in [0.717, 1.165) is 5.75 Å². The van der Waals surface area contributed by atoms with Crippen LogP contribution in [0.15, 0.2) is 65.3 Å². The Balaban J connectivity index is 1.57. The van der Waals surface area contributed by atoms with Gasteiger partial charge in [0, 0.05) is 6.20 Å². The summed E-state index contributed by atoms with van der Waals surface area (Å²) in [7, 11) is 0. The van der Waals surface area contributed by atoms with Crippen LogP contribution >= 0.6 is 0 Å². The van der Waals surface area contributed by atoms with Crippen LogP contribution < -0.4 is 10.1 Å². The summed E-state index contributed by atoms with van der Waals surface area (Å²) in [5.74, 6) is 1.75. The van der Waals surface area contributed by atoms with Crippen molar-refractivity contribution in [2.75, 3.05) is 5.32 Å². The van der Waals surface area contributed by atoms with Crippen molar-refractivity contribution in [1.82, 2.24) is 4.98 Å². The van der Waals surface area contributed by atoms with Gasteiger partial charge in [-0.05, 0) is 47.9 Å². The average molecular weight is 336 g/mol. The third-order valence-corrected chi connectivity index (χ3v) is 3.73. The van der Waals surface area contributed by atoms with Gasteiger partial charge in [0.25, 0.3) is 5.91 Å². The summed E-state index contributed by atoms with van der Waals surface area (Å²) in [5, 5.41) is 2.73. The highest BCUT2D eigenvalue weighted by Crippen LogP contribution is 2.20. The van der Waals surface area contributed by atoms with E-state index in [1.165, 1.54) is 5.56 Å². The normalized spacial score (nSPS) is 10.7. The first kappa shape index (κ1) is 16.8. The molecule has 0 aliphatic heterocycles. The molecule has 3 rings (SSSR count). The number of furan rings is 1. The molecule has 128 valence electrons. The maximum atomic E-state index is 12.1. The second-order valence-corrected chi connectivity index (χ2v) is 5.97. The number of hydrogen-bond acceptors (Lipinski definition) is 4. The molecule has 0 unspecified atom stereocenters. The predicted octanol–water partition coefficient (Wildman–Crippen LogP) is 4.63. The van der Waals surface area contributed by atoms with Crippen LogP contribution in [0.3, 0.4) is 0 Å². The van der Waals surface area contributed by atoms with Crippen LogP contribution in [0.5, 0.6) is 5.75 Å². The van der Waals surface area contributed by atoms with E-state index in [-0.39, 0.29) is 18.3 Å². The Morgan fingerprint density at radius 1 is 1.16 bits per heavy atom. The van der Waals surface area contributed by atoms with Gasteiger partial charge in [-0.1, -0.05) is 26.0 Å². The number of anilines is 1. The molecule has 0 fully saturated rings. The Morgan fingerprint density at radius 3 is 2.64 bits per heavy atom. The van der Waals surface area contributed by atoms with Gasteiger partial charge in [0.05, 0.1) is 11.9 Å². The molecule has 1 aromatic carbocycles. The highest BCUT2D eigenvalue weighted by atomic mass is 16.5. The lowest BCUT2D eigenvalue weighted by Gasteiger charge is -2.08. The molecule has 1 N–H and O–H groups in total. The Morgan fingerprint density at radius 2 is 1.96 bits per heavy atom. The molecule has 1 amide bonds. The maximum absolute atomic E-state index is 12.1. The van der Waals surface area contributed by atoms with E-state index >= 15 is 0 Å². The zero-order valence-electron chi connectivity index (χ0n) is 14.2. The number of carbonyl (C=O) groups excluding carboxylic acids is 1. The van der Waals surface area contributed by atoms with Crippen LogP contribution in [0, 0.1) is 0 Å². The average Bonchev–Trinajstić information content (AvgIpc) is 3.10. The van der Waals surface area contributed by atoms with Crippen molar-refractivity contribution >= 4 is 11.6 Å². The zero-order chi connectivity index (χ0) is 17.6. The summed E-state index contributed by atoms with van der Waals surface area (Å²) in [4.78, 5) is 16.1. The van der Waals surface area contributed by atoms with Gasteiger partial charge in [-0.25, -0.2) is 0 Å². The first-order valence-corrected chi connectivity index (χ1v) is 8.14. The van der Waals surface area contributed by atoms with E-state index in [2.05, 4.69) is 36.3 Å². The number of amides is 1. The molecule has 3 aromatic rings. The number of aromatic nitrogens is 1. The van der Waals surface area contributed by atoms with Crippen molar-refractivity contribution in [3.8, 4) is 5.75 Å². The molecular weight excluding hydrogens is 316 g/mol. The standard InChI is InChI=1S/C20H20N2O3/c1-14(2)15-5-7-17(8-6-15)24-13-18-9-10-19(25-18)20(23)22-16-4-3-11-21-12-16/h3-12,14H,13H2,1-2H3,(H,22,23). The lowest BCUT2D eigenvalue weighted by atomic mass is 10.0. The third kappa shape index (κ3) is 4.47. The van der Waals surface area contributed by atoms with E-state index in [4.69, 9.17) is 9.15 Å². The van der Waals surface area contributed by atoms with Gasteiger partial charge in [-0.2, -0.15) is 0 Å². The Kier molecular flexibility index (Phi) is 5.14. The van der Waals surface area contributed by atoms with Gasteiger partial charge in [0.15, 0.2) is 5.76 Å². The molecule has 0 bridgehead atoms. The number of rotatable bonds is 6. The van der Waals surface area contributed by atoms with Crippen LogP contribution in [0.25, 0.3) is 0 Å². The zero-order valence-corrected chi connectivity index (χ0v) is 14.2. The topological polar surface area (TPSA) is 64.4 Å². The van der Waals surface area contributed by atoms with Gasteiger partial charge in [-0.3, -0.25) is 9.78 Å². The molecule has 0 aliphatic rings. The fourth-order valence-electron chi connectivity index (χ4n) is 2.31. The Labute approximate surface area is 146 Å². The number of nitrogens with zero attached hydrogens (tertiary/aromatic N) is 1. The maximum Gasteiger partial charge on any atom is 0.291 e. The summed E-state index contributed by atoms with van der Waals surface area (Å²) in [5.41, 5.74) is 1.88. The summed E-state index contributed by atoms with van der Waals surface area (Å²) in [6.07, 6.45) is 3.22. The minimum absolute atomic E-state index is 0.234. The van der Waals surface area contributed by atoms with Gasteiger partial charge < -0.3 is 14.5 Å². The first-order valence-electron chi connectivity index (χ1n) is 8.14. The molecule has 0 spiro atoms. The van der Waals surface area contributed by atoms with Gasteiger partial charge >= 0.3 is 0 Å². The Hall–Kier alpha value is -3.08. The Bertz CT molecular complexity index is 824. The second kappa shape index (κ2) is 7.66. The minimum atomic E-state index is -0.319. The smallest absolute Gasteiger partial charge is 0.291 e. The van der Waals surface area contributed by atoms with Crippen LogP contribution in [0.2, 0.25) is 0 Å². The minimum Gasteiger partial charge on any atom is -0.486 e. The fraction of sp³-hybridized carbons (Fsp3) is 0.200. The lowest BCUT2D eigenvalue weighted by molar-refractivity contribution is 0.0992. The number of carbonyl (C=O) groups is 1.